The SMILES string of the molecule is CNC(Cc1ccc(OC(F)(F)F)cc1)C1(C)CCCC1. The van der Waals surface area contributed by atoms with Gasteiger partial charge in [-0.15, -0.1) is 13.2 Å². The molecular weight excluding hydrogens is 279 g/mol. The number of ether oxygens (including phenoxy) is 1. The van der Waals surface area contributed by atoms with E-state index in [0.717, 1.165) is 12.0 Å². The van der Waals surface area contributed by atoms with E-state index in [9.17, 15) is 13.2 Å². The number of benzene rings is 1. The van der Waals surface area contributed by atoms with Crippen LogP contribution >= 0.6 is 0 Å². The summed E-state index contributed by atoms with van der Waals surface area (Å²) in [6, 6.07) is 6.53. The van der Waals surface area contributed by atoms with Gasteiger partial charge >= 0.3 is 6.36 Å². The Morgan fingerprint density at radius 2 is 1.76 bits per heavy atom. The zero-order valence-electron chi connectivity index (χ0n) is 12.5. The van der Waals surface area contributed by atoms with Crippen LogP contribution in [0.2, 0.25) is 0 Å². The topological polar surface area (TPSA) is 21.3 Å². The van der Waals surface area contributed by atoms with Crippen LogP contribution in [0.4, 0.5) is 13.2 Å². The van der Waals surface area contributed by atoms with Crippen molar-refractivity contribution >= 4 is 0 Å². The van der Waals surface area contributed by atoms with Gasteiger partial charge in [0.25, 0.3) is 0 Å². The third kappa shape index (κ3) is 4.37. The van der Waals surface area contributed by atoms with Crippen molar-refractivity contribution in [3.05, 3.63) is 29.8 Å². The summed E-state index contributed by atoms with van der Waals surface area (Å²) in [4.78, 5) is 0. The molecule has 0 amide bonds. The Balaban J connectivity index is 2.01. The normalized spacial score (nSPS) is 19.5. The zero-order valence-corrected chi connectivity index (χ0v) is 12.5. The molecule has 0 bridgehead atoms. The number of nitrogens with one attached hydrogen (secondary N) is 1. The van der Waals surface area contributed by atoms with Crippen LogP contribution in [-0.4, -0.2) is 19.5 Å². The van der Waals surface area contributed by atoms with Gasteiger partial charge in [-0.25, -0.2) is 0 Å². The summed E-state index contributed by atoms with van der Waals surface area (Å²) in [7, 11) is 1.95. The number of rotatable bonds is 5. The standard InChI is InChI=1S/C16H22F3NO/c1-15(9-3-4-10-15)14(20-2)11-12-5-7-13(8-6-12)21-16(17,18)19/h5-8,14,20H,3-4,9-11H2,1-2H3. The van der Waals surface area contributed by atoms with Gasteiger partial charge in [-0.3, -0.25) is 0 Å². The Bertz CT molecular complexity index is 450. The first-order valence-electron chi connectivity index (χ1n) is 7.34. The van der Waals surface area contributed by atoms with Gasteiger partial charge in [0.2, 0.25) is 0 Å². The van der Waals surface area contributed by atoms with Crippen LogP contribution in [0.1, 0.15) is 38.2 Å². The van der Waals surface area contributed by atoms with Crippen LogP contribution in [-0.2, 0) is 6.42 Å². The van der Waals surface area contributed by atoms with E-state index < -0.39 is 6.36 Å². The minimum absolute atomic E-state index is 0.167. The third-order valence-electron chi connectivity index (χ3n) is 4.53. The van der Waals surface area contributed by atoms with Crippen LogP contribution in [0.15, 0.2) is 24.3 Å². The van der Waals surface area contributed by atoms with Crippen LogP contribution in [0, 0.1) is 5.41 Å². The number of hydrogen-bond donors (Lipinski definition) is 1. The van der Waals surface area contributed by atoms with Crippen LogP contribution in [0.25, 0.3) is 0 Å². The Labute approximate surface area is 123 Å². The molecule has 0 heterocycles. The van der Waals surface area contributed by atoms with Crippen molar-refractivity contribution in [1.82, 2.24) is 5.32 Å². The summed E-state index contributed by atoms with van der Waals surface area (Å²) in [5.41, 5.74) is 1.30. The Morgan fingerprint density at radius 1 is 1.19 bits per heavy atom. The van der Waals surface area contributed by atoms with Crippen molar-refractivity contribution in [2.45, 2.75) is 51.4 Å². The molecule has 0 radical (unpaired) electrons. The molecule has 1 unspecified atom stereocenters. The maximum absolute atomic E-state index is 12.1. The number of halogens is 3. The van der Waals surface area contributed by atoms with Crippen molar-refractivity contribution < 1.29 is 17.9 Å². The number of likely N-dealkylation sites (N-methyl/N-ethyl adjacent to an activating group) is 1. The highest BCUT2D eigenvalue weighted by Gasteiger charge is 2.36. The molecule has 21 heavy (non-hydrogen) atoms. The van der Waals surface area contributed by atoms with E-state index in [4.69, 9.17) is 0 Å². The predicted octanol–water partition coefficient (Wildman–Crippen LogP) is 4.30. The molecule has 1 aromatic carbocycles. The fourth-order valence-corrected chi connectivity index (χ4v) is 3.29. The monoisotopic (exact) mass is 301 g/mol. The lowest BCUT2D eigenvalue weighted by Crippen LogP contribution is -2.41. The molecule has 1 atom stereocenters. The van der Waals surface area contributed by atoms with Gasteiger partial charge in [-0.1, -0.05) is 31.9 Å². The molecule has 118 valence electrons. The lowest BCUT2D eigenvalue weighted by Gasteiger charge is -2.34. The van der Waals surface area contributed by atoms with E-state index in [1.807, 2.05) is 7.05 Å². The predicted molar refractivity (Wildman–Crippen MR) is 76.3 cm³/mol. The first kappa shape index (κ1) is 16.1. The molecule has 1 saturated carbocycles. The average Bonchev–Trinajstić information content (AvgIpc) is 2.84. The van der Waals surface area contributed by atoms with Gasteiger partial charge in [0.05, 0.1) is 0 Å². The van der Waals surface area contributed by atoms with Crippen LogP contribution in [0.3, 0.4) is 0 Å². The maximum atomic E-state index is 12.1. The number of alkyl halides is 3. The highest BCUT2D eigenvalue weighted by Crippen LogP contribution is 2.41. The summed E-state index contributed by atoms with van der Waals surface area (Å²) in [5.74, 6) is -0.167. The summed E-state index contributed by atoms with van der Waals surface area (Å²) < 4.78 is 40.3. The van der Waals surface area contributed by atoms with E-state index in [1.165, 1.54) is 37.8 Å². The quantitative estimate of drug-likeness (QED) is 0.875. The molecule has 1 aliphatic rings. The van der Waals surface area contributed by atoms with E-state index in [-0.39, 0.29) is 11.2 Å². The molecular formula is C16H22F3NO. The lowest BCUT2D eigenvalue weighted by atomic mass is 9.78. The molecule has 5 heteroatoms. The molecule has 2 nitrogen and oxygen atoms in total. The molecule has 0 saturated heterocycles. The zero-order chi connectivity index (χ0) is 15.5. The van der Waals surface area contributed by atoms with Gasteiger partial charge in [0.15, 0.2) is 0 Å². The lowest BCUT2D eigenvalue weighted by molar-refractivity contribution is -0.274. The summed E-state index contributed by atoms with van der Waals surface area (Å²) in [6.07, 6.45) is 1.10. The largest absolute Gasteiger partial charge is 0.573 e. The summed E-state index contributed by atoms with van der Waals surface area (Å²) in [5, 5.41) is 3.37. The van der Waals surface area contributed by atoms with Crippen molar-refractivity contribution in [3.8, 4) is 5.75 Å². The fraction of sp³-hybridized carbons (Fsp3) is 0.625. The Morgan fingerprint density at radius 3 is 2.24 bits per heavy atom. The Kier molecular flexibility index (Phi) is 4.81. The van der Waals surface area contributed by atoms with Gasteiger partial charge in [-0.05, 0) is 49.4 Å². The maximum Gasteiger partial charge on any atom is 0.573 e. The van der Waals surface area contributed by atoms with Crippen molar-refractivity contribution in [3.63, 3.8) is 0 Å². The Hall–Kier alpha value is -1.23. The second-order valence-corrected chi connectivity index (χ2v) is 6.10. The van der Waals surface area contributed by atoms with Crippen molar-refractivity contribution in [2.24, 2.45) is 5.41 Å². The second-order valence-electron chi connectivity index (χ2n) is 6.10. The smallest absolute Gasteiger partial charge is 0.406 e. The van der Waals surface area contributed by atoms with Crippen molar-refractivity contribution in [2.75, 3.05) is 7.05 Å². The molecule has 2 rings (SSSR count). The fourth-order valence-electron chi connectivity index (χ4n) is 3.29. The molecule has 0 aromatic heterocycles. The first-order chi connectivity index (χ1) is 9.82. The van der Waals surface area contributed by atoms with Gasteiger partial charge in [-0.2, -0.15) is 0 Å². The van der Waals surface area contributed by atoms with Gasteiger partial charge in [0.1, 0.15) is 5.75 Å². The molecule has 1 aliphatic carbocycles. The molecule has 0 aliphatic heterocycles. The number of hydrogen-bond acceptors (Lipinski definition) is 2. The van der Waals surface area contributed by atoms with Crippen molar-refractivity contribution in [1.29, 1.82) is 0 Å². The third-order valence-corrected chi connectivity index (χ3v) is 4.53. The van der Waals surface area contributed by atoms with Crippen LogP contribution < -0.4 is 10.1 Å². The van der Waals surface area contributed by atoms with E-state index >= 15 is 0 Å². The van der Waals surface area contributed by atoms with E-state index in [2.05, 4.69) is 17.0 Å². The minimum Gasteiger partial charge on any atom is -0.406 e. The van der Waals surface area contributed by atoms with Gasteiger partial charge in [0, 0.05) is 6.04 Å². The highest BCUT2D eigenvalue weighted by atomic mass is 19.4. The molecule has 1 fully saturated rings. The summed E-state index contributed by atoms with van der Waals surface area (Å²) in [6.45, 7) is 2.29. The first-order valence-corrected chi connectivity index (χ1v) is 7.34. The summed E-state index contributed by atoms with van der Waals surface area (Å²) >= 11 is 0. The van der Waals surface area contributed by atoms with E-state index in [0.29, 0.717) is 6.04 Å². The molecule has 1 aromatic rings. The average molecular weight is 301 g/mol. The van der Waals surface area contributed by atoms with Crippen LogP contribution in [0.5, 0.6) is 5.75 Å². The second kappa shape index (κ2) is 6.26. The van der Waals surface area contributed by atoms with Gasteiger partial charge < -0.3 is 10.1 Å². The molecule has 0 spiro atoms. The minimum atomic E-state index is -4.63. The highest BCUT2D eigenvalue weighted by molar-refractivity contribution is 5.28. The van der Waals surface area contributed by atoms with E-state index in [1.54, 1.807) is 12.1 Å². The molecule has 1 N–H and O–H groups in total.